The van der Waals surface area contributed by atoms with Crippen LogP contribution in [0.1, 0.15) is 18.4 Å². The van der Waals surface area contributed by atoms with Gasteiger partial charge in [-0.05, 0) is 30.5 Å². The molecule has 8 nitrogen and oxygen atoms in total. The smallest absolute Gasteiger partial charge is 0.410 e. The van der Waals surface area contributed by atoms with Gasteiger partial charge in [-0.25, -0.2) is 9.59 Å². The number of non-ortho nitro benzene ring substituents is 1. The largest absolute Gasteiger partial charge is 0.445 e. The van der Waals surface area contributed by atoms with Crippen LogP contribution in [0.3, 0.4) is 0 Å². The van der Waals surface area contributed by atoms with Crippen molar-refractivity contribution in [3.8, 4) is 5.75 Å². The topological polar surface area (TPSA) is 99.0 Å². The molecule has 3 rings (SSSR count). The van der Waals surface area contributed by atoms with Crippen molar-refractivity contribution in [2.24, 2.45) is 0 Å². The molecule has 1 heterocycles. The Bertz CT molecular complexity index is 822. The molecule has 0 aliphatic carbocycles. The summed E-state index contributed by atoms with van der Waals surface area (Å²) in [7, 11) is 0. The summed E-state index contributed by atoms with van der Waals surface area (Å²) >= 11 is 0. The van der Waals surface area contributed by atoms with Crippen molar-refractivity contribution in [1.82, 2.24) is 4.90 Å². The molecule has 27 heavy (non-hydrogen) atoms. The third-order valence-corrected chi connectivity index (χ3v) is 4.23. The normalized spacial score (nSPS) is 16.0. The van der Waals surface area contributed by atoms with Gasteiger partial charge in [-0.1, -0.05) is 30.3 Å². The van der Waals surface area contributed by atoms with Crippen LogP contribution < -0.4 is 4.74 Å². The number of carbonyl (C=O) groups excluding carboxylic acids is 2. The highest BCUT2D eigenvalue weighted by Gasteiger charge is 2.36. The molecule has 2 aromatic rings. The molecule has 1 amide bonds. The summed E-state index contributed by atoms with van der Waals surface area (Å²) in [6, 6.07) is 13.7. The van der Waals surface area contributed by atoms with E-state index in [1.807, 2.05) is 30.3 Å². The van der Waals surface area contributed by atoms with Gasteiger partial charge in [0, 0.05) is 18.7 Å². The molecule has 0 unspecified atom stereocenters. The van der Waals surface area contributed by atoms with Gasteiger partial charge in [-0.2, -0.15) is 0 Å². The van der Waals surface area contributed by atoms with Crippen LogP contribution in [0.5, 0.6) is 5.75 Å². The fourth-order valence-electron chi connectivity index (χ4n) is 2.85. The van der Waals surface area contributed by atoms with Crippen molar-refractivity contribution in [3.05, 3.63) is 70.3 Å². The summed E-state index contributed by atoms with van der Waals surface area (Å²) in [6.45, 7) is 0.536. The molecule has 2 aromatic carbocycles. The highest BCUT2D eigenvalue weighted by Crippen LogP contribution is 2.23. The van der Waals surface area contributed by atoms with E-state index in [1.165, 1.54) is 29.2 Å². The number of benzene rings is 2. The van der Waals surface area contributed by atoms with Gasteiger partial charge in [0.25, 0.3) is 5.69 Å². The minimum Gasteiger partial charge on any atom is -0.445 e. The number of rotatable bonds is 5. The third kappa shape index (κ3) is 4.60. The van der Waals surface area contributed by atoms with Crippen LogP contribution in [-0.4, -0.2) is 34.5 Å². The first-order valence-corrected chi connectivity index (χ1v) is 8.48. The van der Waals surface area contributed by atoms with Crippen LogP contribution in [0, 0.1) is 10.1 Å². The fourth-order valence-corrected chi connectivity index (χ4v) is 2.85. The van der Waals surface area contributed by atoms with Crippen LogP contribution in [0.25, 0.3) is 0 Å². The molecule has 0 saturated carbocycles. The van der Waals surface area contributed by atoms with Crippen molar-refractivity contribution in [2.75, 3.05) is 6.54 Å². The molecule has 0 bridgehead atoms. The Morgan fingerprint density at radius 1 is 1.11 bits per heavy atom. The maximum atomic E-state index is 12.4. The molecular weight excluding hydrogens is 352 g/mol. The molecule has 1 aliphatic rings. The number of nitro benzene ring substituents is 1. The second kappa shape index (κ2) is 8.31. The first-order chi connectivity index (χ1) is 13.0. The molecule has 140 valence electrons. The van der Waals surface area contributed by atoms with E-state index in [2.05, 4.69) is 0 Å². The highest BCUT2D eigenvalue weighted by molar-refractivity contribution is 5.83. The van der Waals surface area contributed by atoms with E-state index >= 15 is 0 Å². The zero-order valence-electron chi connectivity index (χ0n) is 14.4. The Labute approximate surface area is 155 Å². The molecule has 1 aliphatic heterocycles. The van der Waals surface area contributed by atoms with Crippen LogP contribution in [-0.2, 0) is 16.1 Å². The number of hydrogen-bond acceptors (Lipinski definition) is 6. The average Bonchev–Trinajstić information content (AvgIpc) is 3.17. The molecule has 1 atom stereocenters. The van der Waals surface area contributed by atoms with Crippen molar-refractivity contribution in [2.45, 2.75) is 25.5 Å². The number of carbonyl (C=O) groups is 2. The number of likely N-dealkylation sites (tertiary alicyclic amines) is 1. The summed E-state index contributed by atoms with van der Waals surface area (Å²) in [5, 5.41) is 10.7. The predicted molar refractivity (Wildman–Crippen MR) is 95.1 cm³/mol. The highest BCUT2D eigenvalue weighted by atomic mass is 16.6. The van der Waals surface area contributed by atoms with Gasteiger partial charge in [0.05, 0.1) is 4.92 Å². The standard InChI is InChI=1S/C19H18N2O6/c22-18(27-16-10-8-15(9-11-16)21(24)25)17-7-4-12-20(17)19(23)26-13-14-5-2-1-3-6-14/h1-3,5-6,8-11,17H,4,7,12-13H2/t17-/m0/s1. The first-order valence-electron chi connectivity index (χ1n) is 8.48. The number of nitro groups is 1. The lowest BCUT2D eigenvalue weighted by molar-refractivity contribution is -0.384. The van der Waals surface area contributed by atoms with Gasteiger partial charge < -0.3 is 9.47 Å². The predicted octanol–water partition coefficient (Wildman–Crippen LogP) is 3.30. The molecule has 0 aromatic heterocycles. The Morgan fingerprint density at radius 3 is 2.48 bits per heavy atom. The molecule has 8 heteroatoms. The SMILES string of the molecule is O=C(Oc1ccc([N+](=O)[O-])cc1)[C@@H]1CCCN1C(=O)OCc1ccccc1. The lowest BCUT2D eigenvalue weighted by Gasteiger charge is -2.22. The van der Waals surface area contributed by atoms with Gasteiger partial charge in [0.2, 0.25) is 0 Å². The van der Waals surface area contributed by atoms with Gasteiger partial charge in [-0.15, -0.1) is 0 Å². The molecular formula is C19H18N2O6. The summed E-state index contributed by atoms with van der Waals surface area (Å²) in [4.78, 5) is 36.2. The summed E-state index contributed by atoms with van der Waals surface area (Å²) in [5.74, 6) is -0.395. The molecule has 0 spiro atoms. The van der Waals surface area contributed by atoms with Crippen LogP contribution in [0.15, 0.2) is 54.6 Å². The van der Waals surface area contributed by atoms with E-state index < -0.39 is 23.0 Å². The molecule has 0 radical (unpaired) electrons. The lowest BCUT2D eigenvalue weighted by Crippen LogP contribution is -2.42. The van der Waals surface area contributed by atoms with Crippen LogP contribution in [0.2, 0.25) is 0 Å². The van der Waals surface area contributed by atoms with Crippen molar-refractivity contribution in [1.29, 1.82) is 0 Å². The number of amides is 1. The fraction of sp³-hybridized carbons (Fsp3) is 0.263. The third-order valence-electron chi connectivity index (χ3n) is 4.23. The van der Waals surface area contributed by atoms with E-state index in [0.29, 0.717) is 19.4 Å². The average molecular weight is 370 g/mol. The minimum absolute atomic E-state index is 0.0956. The number of hydrogen-bond donors (Lipinski definition) is 0. The quantitative estimate of drug-likeness (QED) is 0.347. The Morgan fingerprint density at radius 2 is 1.81 bits per heavy atom. The maximum Gasteiger partial charge on any atom is 0.410 e. The van der Waals surface area contributed by atoms with Crippen molar-refractivity contribution in [3.63, 3.8) is 0 Å². The monoisotopic (exact) mass is 370 g/mol. The Kier molecular flexibility index (Phi) is 5.65. The summed E-state index contributed by atoms with van der Waals surface area (Å²) in [5.41, 5.74) is 0.761. The van der Waals surface area contributed by atoms with E-state index in [1.54, 1.807) is 0 Å². The molecule has 1 fully saturated rings. The molecule has 0 N–H and O–H groups in total. The zero-order chi connectivity index (χ0) is 19.2. The van der Waals surface area contributed by atoms with E-state index in [4.69, 9.17) is 9.47 Å². The van der Waals surface area contributed by atoms with E-state index in [-0.39, 0.29) is 18.0 Å². The van der Waals surface area contributed by atoms with Crippen LogP contribution in [0.4, 0.5) is 10.5 Å². The Balaban J connectivity index is 1.58. The first kappa shape index (κ1) is 18.4. The second-order valence-electron chi connectivity index (χ2n) is 6.06. The molecule has 1 saturated heterocycles. The van der Waals surface area contributed by atoms with Gasteiger partial charge in [-0.3, -0.25) is 15.0 Å². The summed E-state index contributed by atoms with van der Waals surface area (Å²) < 4.78 is 10.6. The van der Waals surface area contributed by atoms with Gasteiger partial charge >= 0.3 is 12.1 Å². The minimum atomic E-state index is -0.733. The van der Waals surface area contributed by atoms with E-state index in [0.717, 1.165) is 5.56 Å². The van der Waals surface area contributed by atoms with Gasteiger partial charge in [0.15, 0.2) is 0 Å². The lowest BCUT2D eigenvalue weighted by atomic mass is 10.2. The maximum absolute atomic E-state index is 12.4. The van der Waals surface area contributed by atoms with E-state index in [9.17, 15) is 19.7 Å². The van der Waals surface area contributed by atoms with Crippen LogP contribution >= 0.6 is 0 Å². The second-order valence-corrected chi connectivity index (χ2v) is 6.06. The number of nitrogens with zero attached hydrogens (tertiary/aromatic N) is 2. The van der Waals surface area contributed by atoms with Crippen molar-refractivity contribution >= 4 is 17.7 Å². The van der Waals surface area contributed by atoms with Crippen molar-refractivity contribution < 1.29 is 24.0 Å². The Hall–Kier alpha value is -3.42. The van der Waals surface area contributed by atoms with Gasteiger partial charge in [0.1, 0.15) is 18.4 Å². The zero-order valence-corrected chi connectivity index (χ0v) is 14.4. The number of ether oxygens (including phenoxy) is 2. The number of esters is 1. The summed E-state index contributed by atoms with van der Waals surface area (Å²) in [6.07, 6.45) is 0.578.